The van der Waals surface area contributed by atoms with Gasteiger partial charge in [-0.1, -0.05) is 12.1 Å². The molecule has 1 aromatic heterocycles. The normalized spacial score (nSPS) is 12.2. The molecule has 2 amide bonds. The number of ether oxygens (including phenoxy) is 1. The maximum absolute atomic E-state index is 12.5. The zero-order chi connectivity index (χ0) is 17.2. The topological polar surface area (TPSA) is 67.4 Å². The van der Waals surface area contributed by atoms with E-state index in [4.69, 9.17) is 4.74 Å². The molecular weight excluding hydrogens is 336 g/mol. The van der Waals surface area contributed by atoms with Gasteiger partial charge < -0.3 is 15.4 Å². The Kier molecular flexibility index (Phi) is 3.95. The molecule has 0 radical (unpaired) electrons. The Morgan fingerprint density at radius 2 is 2.00 bits per heavy atom. The van der Waals surface area contributed by atoms with E-state index in [0.29, 0.717) is 34.9 Å². The minimum atomic E-state index is -0.270. The summed E-state index contributed by atoms with van der Waals surface area (Å²) in [6.07, 6.45) is 0.300. The van der Waals surface area contributed by atoms with Gasteiger partial charge >= 0.3 is 0 Å². The van der Waals surface area contributed by atoms with Crippen molar-refractivity contribution < 1.29 is 14.3 Å². The summed E-state index contributed by atoms with van der Waals surface area (Å²) in [5, 5.41) is 9.52. The van der Waals surface area contributed by atoms with Crippen molar-refractivity contribution >= 4 is 34.5 Å². The van der Waals surface area contributed by atoms with Crippen molar-refractivity contribution in [1.29, 1.82) is 0 Å². The molecule has 0 atom stereocenters. The van der Waals surface area contributed by atoms with E-state index in [2.05, 4.69) is 10.6 Å². The van der Waals surface area contributed by atoms with Crippen LogP contribution in [0.2, 0.25) is 0 Å². The molecule has 1 aliphatic rings. The maximum atomic E-state index is 12.5. The molecule has 2 heterocycles. The van der Waals surface area contributed by atoms with E-state index in [1.807, 2.05) is 29.0 Å². The number of amides is 2. The Bertz CT molecular complexity index is 951. The summed E-state index contributed by atoms with van der Waals surface area (Å²) in [5.74, 6) is 0.646. The number of thiophene rings is 1. The molecule has 2 N–H and O–H groups in total. The van der Waals surface area contributed by atoms with Crippen LogP contribution in [0.4, 0.5) is 11.4 Å². The number of hydrogen-bond acceptors (Lipinski definition) is 4. The van der Waals surface area contributed by atoms with Crippen LogP contribution in [-0.2, 0) is 11.2 Å². The molecule has 4 rings (SSSR count). The monoisotopic (exact) mass is 350 g/mol. The highest BCUT2D eigenvalue weighted by Gasteiger charge is 2.21. The Hall–Kier alpha value is -3.12. The fourth-order valence-electron chi connectivity index (χ4n) is 2.63. The fourth-order valence-corrected chi connectivity index (χ4v) is 3.29. The van der Waals surface area contributed by atoms with Crippen molar-refractivity contribution in [2.24, 2.45) is 0 Å². The first-order valence-electron chi connectivity index (χ1n) is 7.72. The highest BCUT2D eigenvalue weighted by atomic mass is 32.1. The molecule has 0 unspecified atom stereocenters. The van der Waals surface area contributed by atoms with Crippen LogP contribution in [-0.4, -0.2) is 11.8 Å². The second kappa shape index (κ2) is 6.41. The summed E-state index contributed by atoms with van der Waals surface area (Å²) in [4.78, 5) is 24.6. The number of anilines is 2. The van der Waals surface area contributed by atoms with Crippen molar-refractivity contribution in [3.8, 4) is 11.5 Å². The van der Waals surface area contributed by atoms with Gasteiger partial charge in [-0.05, 0) is 52.7 Å². The van der Waals surface area contributed by atoms with Crippen LogP contribution in [0, 0.1) is 0 Å². The molecule has 3 aromatic rings. The van der Waals surface area contributed by atoms with E-state index >= 15 is 0 Å². The standard InChI is InChI=1S/C19H14N2O3S/c22-18(9-12-7-8-25-11-12)20-13-5-6-16-14(10-13)19(23)21-15-3-1-2-4-17(15)24-16/h1-8,10-11H,9H2,(H,20,22)(H,21,23). The summed E-state index contributed by atoms with van der Waals surface area (Å²) in [5.41, 5.74) is 2.52. The van der Waals surface area contributed by atoms with Gasteiger partial charge in [-0.25, -0.2) is 0 Å². The van der Waals surface area contributed by atoms with Gasteiger partial charge in [-0.2, -0.15) is 11.3 Å². The summed E-state index contributed by atoms with van der Waals surface area (Å²) < 4.78 is 5.82. The number of hydrogen-bond donors (Lipinski definition) is 2. The Balaban J connectivity index is 1.57. The summed E-state index contributed by atoms with van der Waals surface area (Å²) >= 11 is 1.55. The average Bonchev–Trinajstić information content (AvgIpc) is 3.05. The molecule has 0 saturated carbocycles. The predicted molar refractivity (Wildman–Crippen MR) is 97.6 cm³/mol. The first-order valence-corrected chi connectivity index (χ1v) is 8.66. The first kappa shape index (κ1) is 15.4. The number of benzene rings is 2. The Morgan fingerprint density at radius 3 is 2.84 bits per heavy atom. The average molecular weight is 350 g/mol. The summed E-state index contributed by atoms with van der Waals surface area (Å²) in [7, 11) is 0. The number of para-hydroxylation sites is 2. The van der Waals surface area contributed by atoms with E-state index in [0.717, 1.165) is 5.56 Å². The summed E-state index contributed by atoms with van der Waals surface area (Å²) in [6, 6.07) is 14.2. The molecule has 2 aromatic carbocycles. The second-order valence-electron chi connectivity index (χ2n) is 5.62. The Morgan fingerprint density at radius 1 is 1.12 bits per heavy atom. The molecule has 0 bridgehead atoms. The van der Waals surface area contributed by atoms with Crippen molar-refractivity contribution in [2.75, 3.05) is 10.6 Å². The smallest absolute Gasteiger partial charge is 0.259 e. The molecular formula is C19H14N2O3S. The zero-order valence-corrected chi connectivity index (χ0v) is 13.9. The van der Waals surface area contributed by atoms with Gasteiger partial charge in [0.05, 0.1) is 17.7 Å². The number of carbonyl (C=O) groups is 2. The molecule has 0 spiro atoms. The third-order valence-corrected chi connectivity index (χ3v) is 4.54. The van der Waals surface area contributed by atoms with Crippen LogP contribution in [0.25, 0.3) is 0 Å². The van der Waals surface area contributed by atoms with E-state index in [9.17, 15) is 9.59 Å². The molecule has 0 saturated heterocycles. The van der Waals surface area contributed by atoms with Gasteiger partial charge in [-0.15, -0.1) is 0 Å². The zero-order valence-electron chi connectivity index (χ0n) is 13.1. The van der Waals surface area contributed by atoms with Crippen LogP contribution < -0.4 is 15.4 Å². The van der Waals surface area contributed by atoms with Gasteiger partial charge in [0.2, 0.25) is 5.91 Å². The van der Waals surface area contributed by atoms with E-state index in [1.54, 1.807) is 41.7 Å². The van der Waals surface area contributed by atoms with Gasteiger partial charge in [-0.3, -0.25) is 9.59 Å². The molecule has 6 heteroatoms. The lowest BCUT2D eigenvalue weighted by molar-refractivity contribution is -0.115. The third-order valence-electron chi connectivity index (χ3n) is 3.81. The third kappa shape index (κ3) is 3.25. The van der Waals surface area contributed by atoms with Gasteiger partial charge in [0.1, 0.15) is 5.75 Å². The van der Waals surface area contributed by atoms with Crippen LogP contribution >= 0.6 is 11.3 Å². The number of carbonyl (C=O) groups excluding carboxylic acids is 2. The number of fused-ring (bicyclic) bond motifs is 2. The van der Waals surface area contributed by atoms with Gasteiger partial charge in [0.25, 0.3) is 5.91 Å². The van der Waals surface area contributed by atoms with Crippen LogP contribution in [0.15, 0.2) is 59.3 Å². The highest BCUT2D eigenvalue weighted by molar-refractivity contribution is 7.08. The van der Waals surface area contributed by atoms with E-state index in [-0.39, 0.29) is 11.8 Å². The van der Waals surface area contributed by atoms with Crippen molar-refractivity contribution in [1.82, 2.24) is 0 Å². The number of rotatable bonds is 3. The largest absolute Gasteiger partial charge is 0.454 e. The van der Waals surface area contributed by atoms with Crippen LogP contribution in [0.1, 0.15) is 15.9 Å². The quantitative estimate of drug-likeness (QED) is 0.740. The number of nitrogens with one attached hydrogen (secondary N) is 2. The second-order valence-corrected chi connectivity index (χ2v) is 6.40. The van der Waals surface area contributed by atoms with Crippen molar-refractivity contribution in [3.63, 3.8) is 0 Å². The van der Waals surface area contributed by atoms with Gasteiger partial charge in [0, 0.05) is 5.69 Å². The van der Waals surface area contributed by atoms with Crippen LogP contribution in [0.3, 0.4) is 0 Å². The minimum absolute atomic E-state index is 0.128. The molecule has 1 aliphatic heterocycles. The molecule has 0 fully saturated rings. The lowest BCUT2D eigenvalue weighted by atomic mass is 10.1. The van der Waals surface area contributed by atoms with E-state index < -0.39 is 0 Å². The van der Waals surface area contributed by atoms with Crippen molar-refractivity contribution in [2.45, 2.75) is 6.42 Å². The summed E-state index contributed by atoms with van der Waals surface area (Å²) in [6.45, 7) is 0. The lowest BCUT2D eigenvalue weighted by Crippen LogP contribution is -2.15. The minimum Gasteiger partial charge on any atom is -0.454 e. The van der Waals surface area contributed by atoms with Crippen LogP contribution in [0.5, 0.6) is 11.5 Å². The molecule has 5 nitrogen and oxygen atoms in total. The van der Waals surface area contributed by atoms with Crippen molar-refractivity contribution in [3.05, 3.63) is 70.4 Å². The lowest BCUT2D eigenvalue weighted by Gasteiger charge is -2.09. The van der Waals surface area contributed by atoms with E-state index in [1.165, 1.54) is 0 Å². The van der Waals surface area contributed by atoms with Gasteiger partial charge in [0.15, 0.2) is 5.75 Å². The molecule has 124 valence electrons. The SMILES string of the molecule is O=C(Cc1ccsc1)Nc1ccc2c(c1)C(=O)Nc1ccccc1O2. The predicted octanol–water partition coefficient (Wildman–Crippen LogP) is 4.29. The Labute approximate surface area is 148 Å². The fraction of sp³-hybridized carbons (Fsp3) is 0.0526. The first-order chi connectivity index (χ1) is 12.2. The molecule has 0 aliphatic carbocycles. The highest BCUT2D eigenvalue weighted by Crippen LogP contribution is 2.36. The molecule has 25 heavy (non-hydrogen) atoms. The maximum Gasteiger partial charge on any atom is 0.259 e.